The van der Waals surface area contributed by atoms with Gasteiger partial charge in [0.15, 0.2) is 0 Å². The Bertz CT molecular complexity index is 50.1. The second-order valence-corrected chi connectivity index (χ2v) is 3.00. The lowest BCUT2D eigenvalue weighted by Crippen LogP contribution is -1.85. The molecule has 0 aliphatic carbocycles. The molecule has 0 aliphatic heterocycles. The third kappa shape index (κ3) is 3.80. The van der Waals surface area contributed by atoms with Crippen molar-refractivity contribution in [2.24, 2.45) is 5.92 Å². The van der Waals surface area contributed by atoms with Gasteiger partial charge in [-0.25, -0.2) is 0 Å². The Hall–Kier alpha value is -0.0431. The average Bonchev–Trinajstić information content (AvgIpc) is 1.68. The van der Waals surface area contributed by atoms with E-state index in [4.69, 9.17) is 0 Å². The van der Waals surface area contributed by atoms with Crippen molar-refractivity contribution >= 4 is 10.2 Å². The van der Waals surface area contributed by atoms with E-state index in [-0.39, 0.29) is 0 Å². The molecule has 0 saturated heterocycles. The van der Waals surface area contributed by atoms with Gasteiger partial charge in [-0.2, -0.15) is 0 Å². The predicted molar refractivity (Wildman–Crippen MR) is 38.7 cm³/mol. The van der Waals surface area contributed by atoms with Crippen LogP contribution in [0.3, 0.4) is 0 Å². The Labute approximate surface area is 49.0 Å². The molecule has 0 spiro atoms. The van der Waals surface area contributed by atoms with Crippen molar-refractivity contribution in [1.29, 1.82) is 0 Å². The van der Waals surface area contributed by atoms with Crippen LogP contribution in [0.4, 0.5) is 0 Å². The standard InChI is InChI=1S/C6H14Si/c1-3-6(2)4-5-7/h3,6H,1,4-5H2,2,7H3. The highest BCUT2D eigenvalue weighted by Crippen LogP contribution is 2.02. The van der Waals surface area contributed by atoms with E-state index in [2.05, 4.69) is 13.5 Å². The quantitative estimate of drug-likeness (QED) is 0.379. The summed E-state index contributed by atoms with van der Waals surface area (Å²) in [6, 6.07) is 1.41. The number of hydrogen-bond acceptors (Lipinski definition) is 0. The van der Waals surface area contributed by atoms with Gasteiger partial charge in [-0.05, 0) is 5.92 Å². The summed E-state index contributed by atoms with van der Waals surface area (Å²) in [6.45, 7) is 5.91. The van der Waals surface area contributed by atoms with Gasteiger partial charge in [0.2, 0.25) is 0 Å². The van der Waals surface area contributed by atoms with Gasteiger partial charge in [-0.1, -0.05) is 25.5 Å². The molecule has 7 heavy (non-hydrogen) atoms. The second-order valence-electron chi connectivity index (χ2n) is 2.00. The van der Waals surface area contributed by atoms with Crippen LogP contribution in [-0.4, -0.2) is 10.2 Å². The first-order valence-electron chi connectivity index (χ1n) is 2.93. The molecule has 0 saturated carbocycles. The highest BCUT2D eigenvalue weighted by Gasteiger charge is 1.89. The summed E-state index contributed by atoms with van der Waals surface area (Å²) in [5, 5.41) is 0. The summed E-state index contributed by atoms with van der Waals surface area (Å²) in [5.41, 5.74) is 0. The third-order valence-electron chi connectivity index (χ3n) is 1.15. The summed E-state index contributed by atoms with van der Waals surface area (Å²) in [4.78, 5) is 0. The molecule has 0 rings (SSSR count). The molecule has 42 valence electrons. The fourth-order valence-corrected chi connectivity index (χ4v) is 1.48. The van der Waals surface area contributed by atoms with Gasteiger partial charge in [0.05, 0.1) is 0 Å². The topological polar surface area (TPSA) is 0 Å². The molecule has 0 nitrogen and oxygen atoms in total. The second kappa shape index (κ2) is 4.12. The van der Waals surface area contributed by atoms with Crippen LogP contribution >= 0.6 is 0 Å². The van der Waals surface area contributed by atoms with E-state index in [1.54, 1.807) is 0 Å². The molecule has 0 aliphatic rings. The van der Waals surface area contributed by atoms with Crippen molar-refractivity contribution in [3.05, 3.63) is 12.7 Å². The molecule has 0 N–H and O–H groups in total. The van der Waals surface area contributed by atoms with Crippen molar-refractivity contribution in [2.75, 3.05) is 0 Å². The predicted octanol–water partition coefficient (Wildman–Crippen LogP) is 0.982. The lowest BCUT2D eigenvalue weighted by molar-refractivity contribution is 0.699. The van der Waals surface area contributed by atoms with Crippen LogP contribution in [0.15, 0.2) is 12.7 Å². The van der Waals surface area contributed by atoms with Crippen molar-refractivity contribution in [1.82, 2.24) is 0 Å². The molecule has 0 bridgehead atoms. The molecular weight excluding hydrogens is 100 g/mol. The summed E-state index contributed by atoms with van der Waals surface area (Å²) in [5.74, 6) is 0.748. The molecule has 0 aromatic heterocycles. The van der Waals surface area contributed by atoms with E-state index < -0.39 is 0 Å². The molecule has 0 amide bonds. The van der Waals surface area contributed by atoms with Crippen LogP contribution in [-0.2, 0) is 0 Å². The smallest absolute Gasteiger partial charge is 0.00282 e. The van der Waals surface area contributed by atoms with Crippen LogP contribution < -0.4 is 0 Å². The van der Waals surface area contributed by atoms with Crippen LogP contribution in [0, 0.1) is 5.92 Å². The van der Waals surface area contributed by atoms with Crippen molar-refractivity contribution in [2.45, 2.75) is 19.4 Å². The first-order chi connectivity index (χ1) is 3.31. The summed E-state index contributed by atoms with van der Waals surface area (Å²) in [7, 11) is 1.34. The highest BCUT2D eigenvalue weighted by molar-refractivity contribution is 6.08. The Kier molecular flexibility index (Phi) is 4.10. The zero-order chi connectivity index (χ0) is 5.70. The molecule has 0 aromatic carbocycles. The molecule has 0 radical (unpaired) electrons. The Balaban J connectivity index is 2.98. The van der Waals surface area contributed by atoms with Crippen molar-refractivity contribution in [3.63, 3.8) is 0 Å². The van der Waals surface area contributed by atoms with Gasteiger partial charge in [0, 0.05) is 10.2 Å². The van der Waals surface area contributed by atoms with Gasteiger partial charge in [0.25, 0.3) is 0 Å². The molecule has 1 unspecified atom stereocenters. The van der Waals surface area contributed by atoms with Crippen LogP contribution in [0.5, 0.6) is 0 Å². The fraction of sp³-hybridized carbons (Fsp3) is 0.667. The van der Waals surface area contributed by atoms with Crippen molar-refractivity contribution < 1.29 is 0 Å². The fourth-order valence-electron chi connectivity index (χ4n) is 0.573. The summed E-state index contributed by atoms with van der Waals surface area (Å²) in [6.07, 6.45) is 3.37. The zero-order valence-corrected chi connectivity index (χ0v) is 7.28. The molecule has 1 heteroatoms. The van der Waals surface area contributed by atoms with Crippen LogP contribution in [0.25, 0.3) is 0 Å². The van der Waals surface area contributed by atoms with Crippen LogP contribution in [0.1, 0.15) is 13.3 Å². The Morgan fingerprint density at radius 1 is 1.86 bits per heavy atom. The monoisotopic (exact) mass is 114 g/mol. The summed E-state index contributed by atoms with van der Waals surface area (Å²) < 4.78 is 0. The lowest BCUT2D eigenvalue weighted by Gasteiger charge is -1.98. The third-order valence-corrected chi connectivity index (χ3v) is 1.72. The number of rotatable bonds is 3. The van der Waals surface area contributed by atoms with Gasteiger partial charge in [-0.3, -0.25) is 0 Å². The van der Waals surface area contributed by atoms with E-state index >= 15 is 0 Å². The molecule has 0 fully saturated rings. The maximum Gasteiger partial charge on any atom is 0.00282 e. The molecular formula is C6H14Si. The van der Waals surface area contributed by atoms with Crippen LogP contribution in [0.2, 0.25) is 6.04 Å². The normalized spacial score (nSPS) is 13.9. The van der Waals surface area contributed by atoms with E-state index in [0.29, 0.717) is 0 Å². The highest BCUT2D eigenvalue weighted by atomic mass is 28.1. The average molecular weight is 114 g/mol. The molecule has 0 heterocycles. The summed E-state index contributed by atoms with van der Waals surface area (Å²) >= 11 is 0. The number of allylic oxidation sites excluding steroid dienone is 1. The Morgan fingerprint density at radius 3 is 2.57 bits per heavy atom. The number of hydrogen-bond donors (Lipinski definition) is 0. The maximum absolute atomic E-state index is 3.69. The molecule has 1 atom stereocenters. The zero-order valence-electron chi connectivity index (χ0n) is 5.28. The van der Waals surface area contributed by atoms with Gasteiger partial charge in [0.1, 0.15) is 0 Å². The van der Waals surface area contributed by atoms with Gasteiger partial charge in [-0.15, -0.1) is 6.58 Å². The SMILES string of the molecule is C=CC(C)CC[SiH3]. The largest absolute Gasteiger partial charge is 0.103 e. The van der Waals surface area contributed by atoms with E-state index in [1.807, 2.05) is 6.08 Å². The van der Waals surface area contributed by atoms with Crippen molar-refractivity contribution in [3.8, 4) is 0 Å². The molecule has 0 aromatic rings. The minimum atomic E-state index is 0.748. The maximum atomic E-state index is 3.69. The van der Waals surface area contributed by atoms with Gasteiger partial charge >= 0.3 is 0 Å². The Morgan fingerprint density at radius 2 is 2.43 bits per heavy atom. The first-order valence-corrected chi connectivity index (χ1v) is 4.35. The van der Waals surface area contributed by atoms with E-state index in [9.17, 15) is 0 Å². The van der Waals surface area contributed by atoms with Gasteiger partial charge < -0.3 is 0 Å². The minimum absolute atomic E-state index is 0.748. The minimum Gasteiger partial charge on any atom is -0.103 e. The lowest BCUT2D eigenvalue weighted by atomic mass is 10.1. The van der Waals surface area contributed by atoms with E-state index in [1.165, 1.54) is 22.7 Å². The first kappa shape index (κ1) is 6.96. The van der Waals surface area contributed by atoms with E-state index in [0.717, 1.165) is 5.92 Å².